The fraction of sp³-hybridized carbons (Fsp3) is 0.207. The monoisotopic (exact) mass is 640 g/mol. The Hall–Kier alpha value is -4.70. The normalized spacial score (nSPS) is 14.6. The Kier molecular flexibility index (Phi) is 8.67. The molecule has 5 rings (SSSR count). The molecule has 0 aliphatic carbocycles. The van der Waals surface area contributed by atoms with Crippen molar-refractivity contribution in [2.24, 2.45) is 0 Å². The second-order valence-electron chi connectivity index (χ2n) is 9.36. The van der Waals surface area contributed by atoms with Gasteiger partial charge in [0.05, 0.1) is 29.9 Å². The number of aromatic amines is 1. The van der Waals surface area contributed by atoms with E-state index < -0.39 is 29.4 Å². The van der Waals surface area contributed by atoms with Crippen molar-refractivity contribution in [1.29, 1.82) is 5.26 Å². The Morgan fingerprint density at radius 3 is 2.55 bits per heavy atom. The average molecular weight is 641 g/mol. The van der Waals surface area contributed by atoms with E-state index in [4.69, 9.17) is 4.74 Å². The number of carbonyl (C=O) groups is 1. The summed E-state index contributed by atoms with van der Waals surface area (Å²) in [6.07, 6.45) is -0.382. The van der Waals surface area contributed by atoms with E-state index in [1.807, 2.05) is 35.2 Å². The lowest BCUT2D eigenvalue weighted by Crippen LogP contribution is -3.00. The van der Waals surface area contributed by atoms with Crippen LogP contribution in [-0.4, -0.2) is 27.8 Å². The van der Waals surface area contributed by atoms with Crippen LogP contribution >= 0.6 is 0 Å². The molecule has 4 aromatic rings. The number of allylic oxidation sites excluding steroid dienone is 1. The highest BCUT2D eigenvalue weighted by atomic mass is 79.9. The number of nitrogens with one attached hydrogen (secondary N) is 1. The van der Waals surface area contributed by atoms with Crippen molar-refractivity contribution in [3.05, 3.63) is 117 Å². The molecule has 9 nitrogen and oxygen atoms in total. The van der Waals surface area contributed by atoms with E-state index in [0.717, 1.165) is 12.1 Å². The van der Waals surface area contributed by atoms with E-state index in [1.165, 1.54) is 28.7 Å². The summed E-state index contributed by atoms with van der Waals surface area (Å²) in [5, 5.41) is 16.1. The predicted molar refractivity (Wildman–Crippen MR) is 141 cm³/mol. The number of aromatic nitrogens is 4. The number of pyridine rings is 1. The minimum Gasteiger partial charge on any atom is -1.00 e. The molecule has 1 aliphatic rings. The number of ether oxygens (including phenoxy) is 1. The molecule has 1 aliphatic heterocycles. The number of aryl methyl sites for hydroxylation is 2. The molecule has 0 spiro atoms. The molecule has 2 aromatic carbocycles. The topological polar surface area (TPSA) is 108 Å². The Morgan fingerprint density at radius 1 is 1.14 bits per heavy atom. The number of hydrogen-bond donors (Lipinski definition) is 1. The summed E-state index contributed by atoms with van der Waals surface area (Å²) in [5.74, 6) is -0.770. The van der Waals surface area contributed by atoms with Gasteiger partial charge in [-0.05, 0) is 48.4 Å². The summed E-state index contributed by atoms with van der Waals surface area (Å²) < 4.78 is 49.0. The fourth-order valence-electron chi connectivity index (χ4n) is 5.07. The van der Waals surface area contributed by atoms with Gasteiger partial charge in [0.1, 0.15) is 6.04 Å². The van der Waals surface area contributed by atoms with Gasteiger partial charge < -0.3 is 21.7 Å². The largest absolute Gasteiger partial charge is 1.00 e. The van der Waals surface area contributed by atoms with Gasteiger partial charge in [-0.15, -0.1) is 5.10 Å². The average Bonchev–Trinajstić information content (AvgIpc) is 3.35. The quantitative estimate of drug-likeness (QED) is 0.251. The van der Waals surface area contributed by atoms with Gasteiger partial charge in [0.15, 0.2) is 18.9 Å². The van der Waals surface area contributed by atoms with Gasteiger partial charge >= 0.3 is 17.8 Å². The lowest BCUT2D eigenvalue weighted by Gasteiger charge is -2.36. The van der Waals surface area contributed by atoms with Crippen LogP contribution in [0.5, 0.6) is 0 Å². The summed E-state index contributed by atoms with van der Waals surface area (Å²) in [6, 6.07) is 16.2. The number of esters is 1. The number of halogens is 4. The molecule has 0 saturated heterocycles. The van der Waals surface area contributed by atoms with Crippen molar-refractivity contribution in [2.75, 3.05) is 12.0 Å². The van der Waals surface area contributed by atoms with E-state index in [-0.39, 0.29) is 39.9 Å². The zero-order valence-corrected chi connectivity index (χ0v) is 24.0. The Balaban J connectivity index is 0.00000405. The van der Waals surface area contributed by atoms with E-state index >= 15 is 0 Å². The van der Waals surface area contributed by atoms with Gasteiger partial charge in [-0.2, -0.15) is 18.4 Å². The fourth-order valence-corrected chi connectivity index (χ4v) is 5.07. The van der Waals surface area contributed by atoms with Crippen LogP contribution < -0.4 is 32.1 Å². The summed E-state index contributed by atoms with van der Waals surface area (Å²) in [5.41, 5.74) is 0.395. The smallest absolute Gasteiger partial charge is 0.416 e. The highest BCUT2D eigenvalue weighted by Crippen LogP contribution is 2.43. The number of H-pyrrole nitrogens is 1. The number of carbonyl (C=O) groups excluding carboxylic acids is 1. The van der Waals surface area contributed by atoms with Crippen LogP contribution in [0.25, 0.3) is 0 Å². The molecule has 13 heteroatoms. The molecule has 0 amide bonds. The molecule has 0 fully saturated rings. The zero-order valence-electron chi connectivity index (χ0n) is 22.4. The first-order valence-electron chi connectivity index (χ1n) is 12.5. The summed E-state index contributed by atoms with van der Waals surface area (Å²) >= 11 is 0. The molecule has 42 heavy (non-hydrogen) atoms. The molecule has 0 radical (unpaired) electrons. The van der Waals surface area contributed by atoms with Crippen LogP contribution in [0.4, 0.5) is 24.8 Å². The maximum Gasteiger partial charge on any atom is 0.416 e. The van der Waals surface area contributed by atoms with Crippen LogP contribution in [-0.2, 0) is 28.7 Å². The van der Waals surface area contributed by atoms with Crippen LogP contribution in [0, 0.1) is 11.3 Å². The lowest BCUT2D eigenvalue weighted by atomic mass is 9.89. The highest BCUT2D eigenvalue weighted by Gasteiger charge is 2.41. The van der Waals surface area contributed by atoms with Crippen molar-refractivity contribution in [3.8, 4) is 6.07 Å². The number of nitriles is 1. The van der Waals surface area contributed by atoms with Crippen molar-refractivity contribution in [1.82, 2.24) is 14.8 Å². The number of alkyl halides is 3. The van der Waals surface area contributed by atoms with Gasteiger partial charge in [-0.3, -0.25) is 4.90 Å². The molecule has 1 atom stereocenters. The lowest BCUT2D eigenvalue weighted by molar-refractivity contribution is -0.696. The van der Waals surface area contributed by atoms with Gasteiger partial charge in [0, 0.05) is 29.9 Å². The van der Waals surface area contributed by atoms with Gasteiger partial charge in [-0.25, -0.2) is 23.8 Å². The predicted octanol–water partition coefficient (Wildman–Crippen LogP) is 1.18. The van der Waals surface area contributed by atoms with E-state index in [9.17, 15) is 28.0 Å². The van der Waals surface area contributed by atoms with E-state index in [2.05, 4.69) is 16.3 Å². The third-order valence-electron chi connectivity index (χ3n) is 6.96. The number of benzene rings is 2. The molecule has 0 bridgehead atoms. The summed E-state index contributed by atoms with van der Waals surface area (Å²) in [7, 11) is 1.19. The van der Waals surface area contributed by atoms with E-state index in [0.29, 0.717) is 29.7 Å². The van der Waals surface area contributed by atoms with Crippen LogP contribution in [0.3, 0.4) is 0 Å². The number of anilines is 2. The van der Waals surface area contributed by atoms with Crippen molar-refractivity contribution >= 4 is 17.6 Å². The van der Waals surface area contributed by atoms with Crippen LogP contribution in [0.2, 0.25) is 0 Å². The third kappa shape index (κ3) is 5.58. The molecule has 3 heterocycles. The molecular weight excluding hydrogens is 617 g/mol. The Morgan fingerprint density at radius 2 is 1.88 bits per heavy atom. The minimum atomic E-state index is -4.61. The number of nitrogens with zero attached hydrogens (tertiary/aromatic N) is 5. The Labute approximate surface area is 248 Å². The minimum absolute atomic E-state index is 0. The number of fused-ring (bicyclic) bond motifs is 1. The second kappa shape index (κ2) is 12.0. The third-order valence-corrected chi connectivity index (χ3v) is 6.96. The SMILES string of the molecule is COC(=O)C1=C(C)N(c2cccc(C(F)(F)F)c2)c2n[nH]c(=O)n2[C@@H]1c1ccc(C#N)cc1CC[n+]1ccccc1.[Br-]. The molecular formula is C29H24BrF3N6O3. The van der Waals surface area contributed by atoms with Crippen molar-refractivity contribution in [3.63, 3.8) is 0 Å². The first kappa shape index (κ1) is 30.3. The maximum absolute atomic E-state index is 13.6. The second-order valence-corrected chi connectivity index (χ2v) is 9.36. The van der Waals surface area contributed by atoms with Gasteiger partial charge in [0.2, 0.25) is 5.95 Å². The summed E-state index contributed by atoms with van der Waals surface area (Å²) in [6.45, 7) is 2.10. The maximum atomic E-state index is 13.6. The van der Waals surface area contributed by atoms with Crippen molar-refractivity contribution in [2.45, 2.75) is 32.1 Å². The first-order chi connectivity index (χ1) is 19.6. The van der Waals surface area contributed by atoms with Gasteiger partial charge in [-0.1, -0.05) is 18.2 Å². The van der Waals surface area contributed by atoms with E-state index in [1.54, 1.807) is 25.1 Å². The molecule has 1 N–H and O–H groups in total. The first-order valence-corrected chi connectivity index (χ1v) is 12.5. The molecule has 0 unspecified atom stereocenters. The number of rotatable bonds is 6. The summed E-state index contributed by atoms with van der Waals surface area (Å²) in [4.78, 5) is 27.9. The highest BCUT2D eigenvalue weighted by molar-refractivity contribution is 5.93. The van der Waals surface area contributed by atoms with Crippen molar-refractivity contribution < 1.29 is 44.3 Å². The standard InChI is InChI=1S/C29H23F3N6O3.BrH/c1-18-24(26(39)41-2)25(23-10-9-19(17-33)15-20(23)11-14-36-12-4-3-5-13-36)38-27(34-35-28(38)40)37(18)22-8-6-7-21(16-22)29(30,31)32;/h3-10,12-13,15-16,25H,11,14H2,1-2H3;1H/t25-;/m1./s1. The zero-order chi connectivity index (χ0) is 29.3. The number of methoxy groups -OCH3 is 1. The van der Waals surface area contributed by atoms with Crippen LogP contribution in [0.15, 0.2) is 89.1 Å². The van der Waals surface area contributed by atoms with Crippen LogP contribution in [0.1, 0.15) is 35.2 Å². The van der Waals surface area contributed by atoms with Gasteiger partial charge in [0.25, 0.3) is 0 Å². The number of hydrogen-bond acceptors (Lipinski definition) is 6. The molecule has 2 aromatic heterocycles. The molecule has 0 saturated carbocycles. The molecule has 216 valence electrons. The Bertz CT molecular complexity index is 1760.